The predicted molar refractivity (Wildman–Crippen MR) is 220 cm³/mol. The highest BCUT2D eigenvalue weighted by Gasteiger charge is 2.17. The summed E-state index contributed by atoms with van der Waals surface area (Å²) in [5, 5.41) is 7.59. The van der Waals surface area contributed by atoms with Crippen LogP contribution in [-0.4, -0.2) is 0 Å². The van der Waals surface area contributed by atoms with Crippen LogP contribution in [0.25, 0.3) is 66.7 Å². The Morgan fingerprint density at radius 1 is 0.294 bits per heavy atom. The quantitative estimate of drug-likeness (QED) is 0.123. The molecule has 0 unspecified atom stereocenters. The minimum Gasteiger partial charge on any atom is -0.311 e. The molecule has 1 nitrogen and oxygen atoms in total. The van der Waals surface area contributed by atoms with Crippen molar-refractivity contribution in [2.45, 2.75) is 0 Å². The maximum atomic E-state index is 2.33. The van der Waals surface area contributed by atoms with E-state index in [2.05, 4.69) is 217 Å². The van der Waals surface area contributed by atoms with Gasteiger partial charge in [-0.25, -0.2) is 0 Å². The van der Waals surface area contributed by atoms with Gasteiger partial charge < -0.3 is 4.90 Å². The lowest BCUT2D eigenvalue weighted by Gasteiger charge is -2.25. The molecule has 51 heavy (non-hydrogen) atoms. The van der Waals surface area contributed by atoms with E-state index in [0.29, 0.717) is 0 Å². The lowest BCUT2D eigenvalue weighted by Crippen LogP contribution is -2.09. The van der Waals surface area contributed by atoms with Crippen LogP contribution in [0, 0.1) is 0 Å². The van der Waals surface area contributed by atoms with Crippen LogP contribution < -0.4 is 4.90 Å². The van der Waals surface area contributed by atoms with Crippen LogP contribution in [0.2, 0.25) is 0 Å². The van der Waals surface area contributed by atoms with Gasteiger partial charge in [0.05, 0.1) is 0 Å². The van der Waals surface area contributed by atoms with Gasteiger partial charge in [0.15, 0.2) is 0 Å². The summed E-state index contributed by atoms with van der Waals surface area (Å²) in [6, 6.07) is 72.0. The van der Waals surface area contributed by atoms with Crippen LogP contribution in [0.5, 0.6) is 0 Å². The van der Waals surface area contributed by atoms with E-state index in [9.17, 15) is 0 Å². The van der Waals surface area contributed by atoms with Crippen molar-refractivity contribution in [2.75, 3.05) is 4.90 Å². The Morgan fingerprint density at radius 2 is 0.686 bits per heavy atom. The van der Waals surface area contributed by atoms with Gasteiger partial charge in [-0.2, -0.15) is 0 Å². The molecule has 0 heterocycles. The maximum absolute atomic E-state index is 2.33. The van der Waals surface area contributed by atoms with Crippen LogP contribution in [0.1, 0.15) is 11.1 Å². The first-order valence-electron chi connectivity index (χ1n) is 17.5. The van der Waals surface area contributed by atoms with E-state index in [1.165, 1.54) is 60.1 Å². The number of fused-ring (bicyclic) bond motifs is 3. The van der Waals surface area contributed by atoms with Crippen molar-refractivity contribution in [3.05, 3.63) is 211 Å². The zero-order valence-electron chi connectivity index (χ0n) is 28.2. The van der Waals surface area contributed by atoms with Crippen LogP contribution >= 0.6 is 0 Å². The molecule has 0 radical (unpaired) electrons. The molecule has 240 valence electrons. The Kier molecular flexibility index (Phi) is 7.92. The Labute approximate surface area is 299 Å². The molecule has 0 saturated heterocycles. The number of benzene rings is 9. The average molecular weight is 650 g/mol. The second kappa shape index (κ2) is 13.3. The van der Waals surface area contributed by atoms with Crippen molar-refractivity contribution in [3.63, 3.8) is 0 Å². The summed E-state index contributed by atoms with van der Waals surface area (Å²) in [7, 11) is 0. The van der Waals surface area contributed by atoms with Gasteiger partial charge in [-0.15, -0.1) is 0 Å². The fourth-order valence-corrected chi connectivity index (χ4v) is 7.38. The Hall–Kier alpha value is -6.70. The van der Waals surface area contributed by atoms with Crippen LogP contribution in [0.4, 0.5) is 17.1 Å². The maximum Gasteiger partial charge on any atom is 0.0462 e. The zero-order chi connectivity index (χ0) is 34.0. The predicted octanol–water partition coefficient (Wildman–Crippen LogP) is 14.1. The number of hydrogen-bond donors (Lipinski definition) is 0. The third-order valence-corrected chi connectivity index (χ3v) is 9.82. The molecular weight excluding hydrogens is 615 g/mol. The number of anilines is 3. The first kappa shape index (κ1) is 30.4. The van der Waals surface area contributed by atoms with E-state index in [4.69, 9.17) is 0 Å². The minimum absolute atomic E-state index is 1.12. The molecule has 0 N–H and O–H groups in total. The van der Waals surface area contributed by atoms with Crippen molar-refractivity contribution in [2.24, 2.45) is 0 Å². The lowest BCUT2D eigenvalue weighted by atomic mass is 9.85. The molecule has 1 heteroatoms. The molecule has 0 saturated carbocycles. The fraction of sp³-hybridized carbons (Fsp3) is 0. The van der Waals surface area contributed by atoms with Gasteiger partial charge in [0.25, 0.3) is 0 Å². The van der Waals surface area contributed by atoms with E-state index in [0.717, 1.165) is 22.6 Å². The summed E-state index contributed by atoms with van der Waals surface area (Å²) in [5.74, 6) is 0. The molecule has 0 aliphatic carbocycles. The summed E-state index contributed by atoms with van der Waals surface area (Å²) in [6.45, 7) is 0. The van der Waals surface area contributed by atoms with Crippen molar-refractivity contribution in [1.82, 2.24) is 0 Å². The van der Waals surface area contributed by atoms with Crippen molar-refractivity contribution >= 4 is 61.5 Å². The molecule has 0 amide bonds. The third kappa shape index (κ3) is 5.86. The van der Waals surface area contributed by atoms with Crippen molar-refractivity contribution < 1.29 is 0 Å². The molecule has 9 aromatic rings. The summed E-state index contributed by atoms with van der Waals surface area (Å²) < 4.78 is 0. The van der Waals surface area contributed by atoms with Gasteiger partial charge in [0, 0.05) is 17.1 Å². The highest BCUT2D eigenvalue weighted by molar-refractivity contribution is 6.21. The molecule has 0 bridgehead atoms. The van der Waals surface area contributed by atoms with Gasteiger partial charge in [-0.1, -0.05) is 170 Å². The van der Waals surface area contributed by atoms with Crippen LogP contribution in [0.3, 0.4) is 0 Å². The van der Waals surface area contributed by atoms with Gasteiger partial charge in [0.1, 0.15) is 0 Å². The van der Waals surface area contributed by atoms with Crippen LogP contribution in [-0.2, 0) is 0 Å². The highest BCUT2D eigenvalue weighted by Crippen LogP contribution is 2.44. The smallest absolute Gasteiger partial charge is 0.0462 e. The normalized spacial score (nSPS) is 11.5. The van der Waals surface area contributed by atoms with Gasteiger partial charge in [-0.05, 0) is 108 Å². The van der Waals surface area contributed by atoms with E-state index in [1.807, 2.05) is 0 Å². The van der Waals surface area contributed by atoms with Crippen molar-refractivity contribution in [1.29, 1.82) is 0 Å². The molecule has 0 aliphatic heterocycles. The van der Waals surface area contributed by atoms with E-state index in [-0.39, 0.29) is 0 Å². The molecule has 0 fully saturated rings. The molecule has 0 aromatic heterocycles. The number of rotatable bonds is 7. The van der Waals surface area contributed by atoms with E-state index >= 15 is 0 Å². The van der Waals surface area contributed by atoms with Gasteiger partial charge in [-0.3, -0.25) is 0 Å². The summed E-state index contributed by atoms with van der Waals surface area (Å²) >= 11 is 0. The molecular formula is C50H35N. The monoisotopic (exact) mass is 649 g/mol. The fourth-order valence-electron chi connectivity index (χ4n) is 7.38. The minimum atomic E-state index is 1.12. The topological polar surface area (TPSA) is 3.24 Å². The SMILES string of the molecule is C(=Cc1ccc(N(c2ccccc2)c2ccccc2)cc1)c1ccc(-c2c3ccccc3c(-c3ccc4ccccc4c3)c3ccccc23)cc1. The highest BCUT2D eigenvalue weighted by atomic mass is 15.1. The van der Waals surface area contributed by atoms with Gasteiger partial charge >= 0.3 is 0 Å². The summed E-state index contributed by atoms with van der Waals surface area (Å²) in [4.78, 5) is 2.29. The van der Waals surface area contributed by atoms with E-state index < -0.39 is 0 Å². The number of nitrogens with zero attached hydrogens (tertiary/aromatic N) is 1. The second-order valence-electron chi connectivity index (χ2n) is 13.0. The first-order chi connectivity index (χ1) is 25.3. The average Bonchev–Trinajstić information content (AvgIpc) is 3.20. The number of hydrogen-bond acceptors (Lipinski definition) is 1. The second-order valence-corrected chi connectivity index (χ2v) is 13.0. The van der Waals surface area contributed by atoms with E-state index in [1.54, 1.807) is 0 Å². The Balaban J connectivity index is 1.04. The zero-order valence-corrected chi connectivity index (χ0v) is 28.2. The summed E-state index contributed by atoms with van der Waals surface area (Å²) in [6.07, 6.45) is 4.39. The molecule has 0 spiro atoms. The number of para-hydroxylation sites is 2. The standard InChI is InChI=1S/C50H35N/c1-3-15-42(16-4-1)51(43-17-5-2-6-18-43)44-33-27-37(28-34-44)24-23-36-25-29-39(30-26-36)49-45-19-9-11-21-47(45)50(48-22-12-10-20-46(48)49)41-32-31-38-13-7-8-14-40(38)35-41/h1-35H. The summed E-state index contributed by atoms with van der Waals surface area (Å²) in [5.41, 5.74) is 10.7. The Morgan fingerprint density at radius 3 is 1.22 bits per heavy atom. The van der Waals surface area contributed by atoms with Crippen LogP contribution in [0.15, 0.2) is 200 Å². The molecule has 0 atom stereocenters. The first-order valence-corrected chi connectivity index (χ1v) is 17.5. The molecule has 0 aliphatic rings. The van der Waals surface area contributed by atoms with Gasteiger partial charge in [0.2, 0.25) is 0 Å². The van der Waals surface area contributed by atoms with Crippen molar-refractivity contribution in [3.8, 4) is 22.3 Å². The molecule has 9 rings (SSSR count). The molecule has 9 aromatic carbocycles. The largest absolute Gasteiger partial charge is 0.311 e. The Bertz CT molecular complexity index is 2560. The lowest BCUT2D eigenvalue weighted by molar-refractivity contribution is 1.28. The third-order valence-electron chi connectivity index (χ3n) is 9.82.